The van der Waals surface area contributed by atoms with E-state index in [1.807, 2.05) is 36.4 Å². The van der Waals surface area contributed by atoms with E-state index in [-0.39, 0.29) is 0 Å². The first-order valence-electron chi connectivity index (χ1n) is 7.48. The minimum Gasteiger partial charge on any atom is -0.423 e. The van der Waals surface area contributed by atoms with Crippen molar-refractivity contribution in [2.24, 2.45) is 4.99 Å². The molecule has 5 heteroatoms. The third-order valence-corrected chi connectivity index (χ3v) is 4.42. The zero-order valence-corrected chi connectivity index (χ0v) is 15.9. The fraction of sp³-hybridized carbons (Fsp3) is 0. The molecule has 0 saturated carbocycles. The van der Waals surface area contributed by atoms with Gasteiger partial charge in [-0.15, -0.1) is 0 Å². The molecule has 0 saturated heterocycles. The molecular weight excluding hydrogens is 449 g/mol. The van der Waals surface area contributed by atoms with E-state index in [0.717, 1.165) is 11.3 Å². The Morgan fingerprint density at radius 3 is 2.32 bits per heavy atom. The molecule has 3 aromatic rings. The molecule has 0 fully saturated rings. The van der Waals surface area contributed by atoms with E-state index in [4.69, 9.17) is 16.3 Å². The minimum absolute atomic E-state index is 0.341. The van der Waals surface area contributed by atoms with E-state index in [2.05, 4.69) is 27.6 Å². The molecule has 0 aliphatic heterocycles. The fourth-order valence-electron chi connectivity index (χ4n) is 2.09. The van der Waals surface area contributed by atoms with Gasteiger partial charge in [0, 0.05) is 9.78 Å². The molecule has 0 radical (unpaired) electrons. The molecule has 124 valence electrons. The molecule has 3 aromatic carbocycles. The van der Waals surface area contributed by atoms with E-state index in [1.165, 1.54) is 3.57 Å². The number of halogens is 2. The van der Waals surface area contributed by atoms with Crippen molar-refractivity contribution in [2.45, 2.75) is 0 Å². The molecule has 0 bridgehead atoms. The molecule has 25 heavy (non-hydrogen) atoms. The second kappa shape index (κ2) is 8.27. The number of nitrogens with zero attached hydrogens (tertiary/aromatic N) is 1. The average molecular weight is 462 g/mol. The first-order chi connectivity index (χ1) is 12.1. The lowest BCUT2D eigenvalue weighted by Crippen LogP contribution is -2.08. The number of aliphatic imine (C=N–C) groups is 1. The topological polar surface area (TPSA) is 38.7 Å². The van der Waals surface area contributed by atoms with E-state index < -0.39 is 5.97 Å². The number of ether oxygens (including phenoxy) is 1. The summed E-state index contributed by atoms with van der Waals surface area (Å²) in [5.41, 5.74) is 2.14. The van der Waals surface area contributed by atoms with E-state index >= 15 is 0 Å². The van der Waals surface area contributed by atoms with Gasteiger partial charge in [0.05, 0.1) is 16.3 Å². The summed E-state index contributed by atoms with van der Waals surface area (Å²) in [7, 11) is 0. The highest BCUT2D eigenvalue weighted by Crippen LogP contribution is 2.19. The smallest absolute Gasteiger partial charge is 0.345 e. The highest BCUT2D eigenvalue weighted by atomic mass is 127. The van der Waals surface area contributed by atoms with Crippen molar-refractivity contribution in [1.82, 2.24) is 0 Å². The van der Waals surface area contributed by atoms with Gasteiger partial charge in [0.2, 0.25) is 0 Å². The predicted octanol–water partition coefficient (Wildman–Crippen LogP) is 5.91. The standard InChI is InChI=1S/C20H13ClINO2/c21-19-4-2-1-3-18(19)20(24)25-17-11-5-14(6-12-17)13-23-16-9-7-15(22)8-10-16/h1-13H. The van der Waals surface area contributed by atoms with Crippen LogP contribution < -0.4 is 4.74 Å². The van der Waals surface area contributed by atoms with Crippen LogP contribution in [-0.2, 0) is 0 Å². The molecule has 0 N–H and O–H groups in total. The van der Waals surface area contributed by atoms with Gasteiger partial charge in [0.15, 0.2) is 0 Å². The van der Waals surface area contributed by atoms with Gasteiger partial charge in [0.1, 0.15) is 5.75 Å². The predicted molar refractivity (Wildman–Crippen MR) is 109 cm³/mol. The van der Waals surface area contributed by atoms with Gasteiger partial charge in [-0.2, -0.15) is 0 Å². The van der Waals surface area contributed by atoms with E-state index in [9.17, 15) is 4.79 Å². The van der Waals surface area contributed by atoms with Crippen molar-refractivity contribution in [3.05, 3.63) is 92.5 Å². The number of esters is 1. The molecule has 0 heterocycles. The quantitative estimate of drug-likeness (QED) is 0.210. The molecule has 3 rings (SSSR count). The number of hydrogen-bond donors (Lipinski definition) is 0. The zero-order valence-electron chi connectivity index (χ0n) is 13.0. The second-order valence-electron chi connectivity index (χ2n) is 5.17. The van der Waals surface area contributed by atoms with Crippen LogP contribution in [0.2, 0.25) is 5.02 Å². The van der Waals surface area contributed by atoms with Gasteiger partial charge in [-0.3, -0.25) is 4.99 Å². The Hall–Kier alpha value is -2.18. The Morgan fingerprint density at radius 2 is 1.64 bits per heavy atom. The van der Waals surface area contributed by atoms with Crippen LogP contribution in [0, 0.1) is 3.57 Å². The molecule has 0 atom stereocenters. The average Bonchev–Trinajstić information content (AvgIpc) is 2.63. The zero-order chi connectivity index (χ0) is 17.6. The Bertz CT molecular complexity index is 906. The largest absolute Gasteiger partial charge is 0.423 e. The van der Waals surface area contributed by atoms with Crippen molar-refractivity contribution in [2.75, 3.05) is 0 Å². The third-order valence-electron chi connectivity index (χ3n) is 3.37. The van der Waals surface area contributed by atoms with Crippen LogP contribution in [0.3, 0.4) is 0 Å². The lowest BCUT2D eigenvalue weighted by molar-refractivity contribution is 0.0735. The van der Waals surface area contributed by atoms with Crippen LogP contribution >= 0.6 is 34.2 Å². The number of rotatable bonds is 4. The molecule has 3 nitrogen and oxygen atoms in total. The summed E-state index contributed by atoms with van der Waals surface area (Å²) in [5.74, 6) is -0.0257. The summed E-state index contributed by atoms with van der Waals surface area (Å²) in [6.07, 6.45) is 1.77. The Kier molecular flexibility index (Phi) is 5.83. The van der Waals surface area contributed by atoms with Gasteiger partial charge in [0.25, 0.3) is 0 Å². The summed E-state index contributed by atoms with van der Waals surface area (Å²) in [4.78, 5) is 16.5. The SMILES string of the molecule is O=C(Oc1ccc(C=Nc2ccc(I)cc2)cc1)c1ccccc1Cl. The van der Waals surface area contributed by atoms with Gasteiger partial charge in [-0.1, -0.05) is 23.7 Å². The van der Waals surface area contributed by atoms with Gasteiger partial charge in [-0.05, 0) is 88.8 Å². The molecule has 0 amide bonds. The normalized spacial score (nSPS) is 10.8. The van der Waals surface area contributed by atoms with Crippen molar-refractivity contribution < 1.29 is 9.53 Å². The molecule has 0 spiro atoms. The lowest BCUT2D eigenvalue weighted by atomic mass is 10.2. The van der Waals surface area contributed by atoms with Crippen LogP contribution in [0.5, 0.6) is 5.75 Å². The number of hydrogen-bond acceptors (Lipinski definition) is 3. The van der Waals surface area contributed by atoms with E-state index in [1.54, 1.807) is 42.6 Å². The van der Waals surface area contributed by atoms with Crippen LogP contribution in [-0.4, -0.2) is 12.2 Å². The highest BCUT2D eigenvalue weighted by Gasteiger charge is 2.11. The molecule has 0 aliphatic carbocycles. The number of carbonyl (C=O) groups is 1. The van der Waals surface area contributed by atoms with Crippen LogP contribution in [0.15, 0.2) is 77.8 Å². The van der Waals surface area contributed by atoms with Crippen LogP contribution in [0.4, 0.5) is 5.69 Å². The maximum atomic E-state index is 12.1. The van der Waals surface area contributed by atoms with Crippen molar-refractivity contribution in [1.29, 1.82) is 0 Å². The first-order valence-corrected chi connectivity index (χ1v) is 8.94. The second-order valence-corrected chi connectivity index (χ2v) is 6.83. The summed E-state index contributed by atoms with van der Waals surface area (Å²) in [6, 6.07) is 21.8. The number of benzene rings is 3. The van der Waals surface area contributed by atoms with E-state index in [0.29, 0.717) is 16.3 Å². The van der Waals surface area contributed by atoms with Gasteiger partial charge >= 0.3 is 5.97 Å². The van der Waals surface area contributed by atoms with Crippen LogP contribution in [0.1, 0.15) is 15.9 Å². The maximum Gasteiger partial charge on any atom is 0.345 e. The molecule has 0 aromatic heterocycles. The lowest BCUT2D eigenvalue weighted by Gasteiger charge is -2.05. The Labute approximate surface area is 164 Å². The first kappa shape index (κ1) is 17.6. The van der Waals surface area contributed by atoms with Gasteiger partial charge in [-0.25, -0.2) is 4.79 Å². The molecule has 0 unspecified atom stereocenters. The van der Waals surface area contributed by atoms with Crippen molar-refractivity contribution in [3.8, 4) is 5.75 Å². The van der Waals surface area contributed by atoms with Crippen LogP contribution in [0.25, 0.3) is 0 Å². The van der Waals surface area contributed by atoms with Crippen molar-refractivity contribution in [3.63, 3.8) is 0 Å². The Balaban J connectivity index is 1.67. The summed E-state index contributed by atoms with van der Waals surface area (Å²) >= 11 is 8.26. The monoisotopic (exact) mass is 461 g/mol. The summed E-state index contributed by atoms with van der Waals surface area (Å²) < 4.78 is 6.51. The molecular formula is C20H13ClINO2. The Morgan fingerprint density at radius 1 is 0.960 bits per heavy atom. The van der Waals surface area contributed by atoms with Crippen molar-refractivity contribution >= 4 is 52.1 Å². The third kappa shape index (κ3) is 4.90. The highest BCUT2D eigenvalue weighted by molar-refractivity contribution is 14.1. The molecule has 0 aliphatic rings. The number of carbonyl (C=O) groups excluding carboxylic acids is 1. The fourth-order valence-corrected chi connectivity index (χ4v) is 2.66. The maximum absolute atomic E-state index is 12.1. The minimum atomic E-state index is -0.481. The summed E-state index contributed by atoms with van der Waals surface area (Å²) in [5, 5.41) is 0.369. The van der Waals surface area contributed by atoms with Gasteiger partial charge < -0.3 is 4.74 Å². The summed E-state index contributed by atoms with van der Waals surface area (Å²) in [6.45, 7) is 0.